The summed E-state index contributed by atoms with van der Waals surface area (Å²) in [7, 11) is -1.85. The summed E-state index contributed by atoms with van der Waals surface area (Å²) in [4.78, 5) is 12.4. The third kappa shape index (κ3) is 5.06. The Morgan fingerprint density at radius 2 is 1.69 bits per heavy atom. The molecule has 3 aromatic rings. The Labute approximate surface area is 171 Å². The zero-order valence-electron chi connectivity index (χ0n) is 16.6. The van der Waals surface area contributed by atoms with Crippen molar-refractivity contribution >= 4 is 32.4 Å². The predicted octanol–water partition coefficient (Wildman–Crippen LogP) is 3.32. The summed E-state index contributed by atoms with van der Waals surface area (Å²) in [6, 6.07) is 20.6. The van der Waals surface area contributed by atoms with Crippen LogP contribution < -0.4 is 14.4 Å². The Bertz CT molecular complexity index is 1110. The van der Waals surface area contributed by atoms with Crippen molar-refractivity contribution in [1.82, 2.24) is 5.32 Å². The molecule has 1 atom stereocenters. The molecule has 0 aromatic heterocycles. The standard InChI is InChI=1S/C22H24N2O4S/c1-16(28-20-13-11-19(12-14-20)24(2)29(3,26)27)22(25)23-15-18-9-6-8-17-7-4-5-10-21(17)18/h4-14,16H,15H2,1-3H3,(H,23,25)/t16-/m1/s1. The van der Waals surface area contributed by atoms with Gasteiger partial charge in [-0.2, -0.15) is 0 Å². The number of sulfonamides is 1. The molecule has 1 N–H and O–H groups in total. The number of rotatable bonds is 7. The quantitative estimate of drug-likeness (QED) is 0.646. The van der Waals surface area contributed by atoms with Crippen molar-refractivity contribution in [1.29, 1.82) is 0 Å². The Kier molecular flexibility index (Phi) is 6.08. The number of fused-ring (bicyclic) bond motifs is 1. The van der Waals surface area contributed by atoms with Gasteiger partial charge in [0.15, 0.2) is 6.10 Å². The van der Waals surface area contributed by atoms with Gasteiger partial charge < -0.3 is 10.1 Å². The number of carbonyl (C=O) groups is 1. The van der Waals surface area contributed by atoms with Crippen LogP contribution in [0.15, 0.2) is 66.7 Å². The number of carbonyl (C=O) groups excluding carboxylic acids is 1. The average molecular weight is 413 g/mol. The third-order valence-electron chi connectivity index (χ3n) is 4.71. The van der Waals surface area contributed by atoms with Gasteiger partial charge in [0, 0.05) is 13.6 Å². The number of nitrogens with zero attached hydrogens (tertiary/aromatic N) is 1. The highest BCUT2D eigenvalue weighted by atomic mass is 32.2. The molecule has 1 amide bonds. The number of ether oxygens (including phenoxy) is 1. The molecule has 0 aliphatic heterocycles. The average Bonchev–Trinajstić information content (AvgIpc) is 2.71. The van der Waals surface area contributed by atoms with Crippen molar-refractivity contribution in [3.8, 4) is 5.75 Å². The predicted molar refractivity (Wildman–Crippen MR) is 116 cm³/mol. The van der Waals surface area contributed by atoms with Crippen LogP contribution in [-0.4, -0.2) is 33.7 Å². The second-order valence-electron chi connectivity index (χ2n) is 6.84. The number of amides is 1. The smallest absolute Gasteiger partial charge is 0.261 e. The largest absolute Gasteiger partial charge is 0.481 e. The number of benzene rings is 3. The van der Waals surface area contributed by atoms with E-state index in [0.717, 1.165) is 22.6 Å². The topological polar surface area (TPSA) is 75.7 Å². The molecule has 29 heavy (non-hydrogen) atoms. The summed E-state index contributed by atoms with van der Waals surface area (Å²) in [5.41, 5.74) is 1.56. The molecule has 3 aromatic carbocycles. The zero-order chi connectivity index (χ0) is 21.0. The van der Waals surface area contributed by atoms with E-state index in [1.807, 2.05) is 42.5 Å². The van der Waals surface area contributed by atoms with E-state index in [-0.39, 0.29) is 5.91 Å². The van der Waals surface area contributed by atoms with Crippen LogP contribution in [0.2, 0.25) is 0 Å². The molecule has 6 nitrogen and oxygen atoms in total. The van der Waals surface area contributed by atoms with Crippen molar-refractivity contribution in [2.24, 2.45) is 0 Å². The summed E-state index contributed by atoms with van der Waals surface area (Å²) in [5.74, 6) is 0.263. The van der Waals surface area contributed by atoms with Crippen molar-refractivity contribution in [3.63, 3.8) is 0 Å². The van der Waals surface area contributed by atoms with Gasteiger partial charge in [0.1, 0.15) is 5.75 Å². The lowest BCUT2D eigenvalue weighted by molar-refractivity contribution is -0.127. The molecule has 0 fully saturated rings. The Morgan fingerprint density at radius 3 is 2.38 bits per heavy atom. The van der Waals surface area contributed by atoms with E-state index in [0.29, 0.717) is 18.0 Å². The van der Waals surface area contributed by atoms with Gasteiger partial charge >= 0.3 is 0 Å². The Morgan fingerprint density at radius 1 is 1.03 bits per heavy atom. The van der Waals surface area contributed by atoms with E-state index < -0.39 is 16.1 Å². The molecule has 0 heterocycles. The second kappa shape index (κ2) is 8.53. The highest BCUT2D eigenvalue weighted by Gasteiger charge is 2.16. The third-order valence-corrected chi connectivity index (χ3v) is 5.92. The first kappa shape index (κ1) is 20.7. The number of hydrogen-bond donors (Lipinski definition) is 1. The van der Waals surface area contributed by atoms with E-state index >= 15 is 0 Å². The van der Waals surface area contributed by atoms with Crippen LogP contribution in [0.3, 0.4) is 0 Å². The van der Waals surface area contributed by atoms with E-state index in [4.69, 9.17) is 4.74 Å². The minimum atomic E-state index is -3.33. The Balaban J connectivity index is 1.60. The van der Waals surface area contributed by atoms with Crippen molar-refractivity contribution in [2.45, 2.75) is 19.6 Å². The van der Waals surface area contributed by atoms with Gasteiger partial charge in [-0.25, -0.2) is 8.42 Å². The summed E-state index contributed by atoms with van der Waals surface area (Å²) >= 11 is 0. The molecule has 3 rings (SSSR count). The fourth-order valence-electron chi connectivity index (χ4n) is 2.96. The summed E-state index contributed by atoms with van der Waals surface area (Å²) in [5, 5.41) is 5.14. The number of nitrogens with one attached hydrogen (secondary N) is 1. The van der Waals surface area contributed by atoms with Gasteiger partial charge in [-0.1, -0.05) is 42.5 Å². The molecule has 7 heteroatoms. The van der Waals surface area contributed by atoms with Crippen LogP contribution in [0.1, 0.15) is 12.5 Å². The normalized spacial score (nSPS) is 12.4. The molecule has 0 aliphatic rings. The highest BCUT2D eigenvalue weighted by molar-refractivity contribution is 7.92. The monoisotopic (exact) mass is 412 g/mol. The first-order valence-corrected chi connectivity index (χ1v) is 11.1. The van der Waals surface area contributed by atoms with Crippen LogP contribution in [0.25, 0.3) is 10.8 Å². The van der Waals surface area contributed by atoms with Crippen LogP contribution in [0.5, 0.6) is 5.75 Å². The van der Waals surface area contributed by atoms with Crippen LogP contribution >= 0.6 is 0 Å². The van der Waals surface area contributed by atoms with Crippen LogP contribution in [0.4, 0.5) is 5.69 Å². The van der Waals surface area contributed by atoms with Crippen molar-refractivity contribution in [2.75, 3.05) is 17.6 Å². The molecule has 0 bridgehead atoms. The SMILES string of the molecule is C[C@@H](Oc1ccc(N(C)S(C)(=O)=O)cc1)C(=O)NCc1cccc2ccccc12. The van der Waals surface area contributed by atoms with Crippen LogP contribution in [0, 0.1) is 0 Å². The maximum Gasteiger partial charge on any atom is 0.261 e. The Hall–Kier alpha value is -3.06. The van der Waals surface area contributed by atoms with E-state index in [1.165, 1.54) is 11.4 Å². The van der Waals surface area contributed by atoms with E-state index in [9.17, 15) is 13.2 Å². The lowest BCUT2D eigenvalue weighted by Gasteiger charge is -2.18. The van der Waals surface area contributed by atoms with Gasteiger partial charge in [0.2, 0.25) is 10.0 Å². The summed E-state index contributed by atoms with van der Waals surface area (Å²) in [6.45, 7) is 2.08. The second-order valence-corrected chi connectivity index (χ2v) is 8.85. The molecular weight excluding hydrogens is 388 g/mol. The van der Waals surface area contributed by atoms with Gasteiger partial charge in [0.25, 0.3) is 5.91 Å². The molecular formula is C22H24N2O4S. The van der Waals surface area contributed by atoms with Gasteiger partial charge in [0.05, 0.1) is 11.9 Å². The zero-order valence-corrected chi connectivity index (χ0v) is 17.4. The first-order valence-electron chi connectivity index (χ1n) is 9.20. The van der Waals surface area contributed by atoms with Gasteiger partial charge in [-0.3, -0.25) is 9.10 Å². The molecule has 0 unspecified atom stereocenters. The fourth-order valence-corrected chi connectivity index (χ4v) is 3.46. The summed E-state index contributed by atoms with van der Waals surface area (Å²) < 4.78 is 30.1. The van der Waals surface area contributed by atoms with Crippen LogP contribution in [-0.2, 0) is 21.4 Å². The maximum atomic E-state index is 12.4. The summed E-state index contributed by atoms with van der Waals surface area (Å²) in [6.07, 6.45) is 0.447. The molecule has 0 saturated carbocycles. The fraction of sp³-hybridized carbons (Fsp3) is 0.227. The minimum absolute atomic E-state index is 0.227. The van der Waals surface area contributed by atoms with Crippen molar-refractivity contribution in [3.05, 3.63) is 72.3 Å². The van der Waals surface area contributed by atoms with E-state index in [2.05, 4.69) is 5.32 Å². The van der Waals surface area contributed by atoms with E-state index in [1.54, 1.807) is 31.2 Å². The van der Waals surface area contributed by atoms with Gasteiger partial charge in [-0.05, 0) is 47.5 Å². The first-order chi connectivity index (χ1) is 13.8. The molecule has 0 radical (unpaired) electrons. The molecule has 0 saturated heterocycles. The molecule has 0 spiro atoms. The maximum absolute atomic E-state index is 12.4. The minimum Gasteiger partial charge on any atom is -0.481 e. The number of anilines is 1. The van der Waals surface area contributed by atoms with Gasteiger partial charge in [-0.15, -0.1) is 0 Å². The van der Waals surface area contributed by atoms with Crippen molar-refractivity contribution < 1.29 is 17.9 Å². The highest BCUT2D eigenvalue weighted by Crippen LogP contribution is 2.21. The molecule has 0 aliphatic carbocycles. The number of hydrogen-bond acceptors (Lipinski definition) is 4. The lowest BCUT2D eigenvalue weighted by Crippen LogP contribution is -2.35. The molecule has 152 valence electrons. The lowest BCUT2D eigenvalue weighted by atomic mass is 10.0.